The summed E-state index contributed by atoms with van der Waals surface area (Å²) in [6, 6.07) is 0.710. The highest BCUT2D eigenvalue weighted by Crippen LogP contribution is 2.10. The summed E-state index contributed by atoms with van der Waals surface area (Å²) in [7, 11) is 0. The molecular formula is C18H39NO. The van der Waals surface area contributed by atoms with E-state index in [1.54, 1.807) is 0 Å². The van der Waals surface area contributed by atoms with Crippen molar-refractivity contribution in [3.05, 3.63) is 0 Å². The second-order valence-electron chi connectivity index (χ2n) is 6.44. The van der Waals surface area contributed by atoms with Gasteiger partial charge in [0.25, 0.3) is 0 Å². The predicted molar refractivity (Wildman–Crippen MR) is 90.3 cm³/mol. The molecule has 0 aromatic heterocycles. The Labute approximate surface area is 128 Å². The van der Waals surface area contributed by atoms with Gasteiger partial charge in [-0.05, 0) is 25.2 Å². The molecule has 0 aliphatic carbocycles. The molecule has 0 atom stereocenters. The summed E-state index contributed by atoms with van der Waals surface area (Å²) in [5.74, 6) is 0.749. The molecule has 0 aliphatic heterocycles. The highest BCUT2D eigenvalue weighted by Gasteiger charge is 2.07. The monoisotopic (exact) mass is 285 g/mol. The maximum Gasteiger partial charge on any atom is 0.0591 e. The van der Waals surface area contributed by atoms with Crippen LogP contribution in [0.5, 0.6) is 0 Å². The number of hydrogen-bond donors (Lipinski definition) is 1. The summed E-state index contributed by atoms with van der Waals surface area (Å²) in [5.41, 5.74) is 0. The average molecular weight is 286 g/mol. The third-order valence-electron chi connectivity index (χ3n) is 3.83. The normalized spacial score (nSPS) is 11.7. The van der Waals surface area contributed by atoms with Crippen molar-refractivity contribution in [2.24, 2.45) is 5.92 Å². The fourth-order valence-corrected chi connectivity index (χ4v) is 2.39. The molecule has 1 N–H and O–H groups in total. The Kier molecular flexibility index (Phi) is 15.3. The van der Waals surface area contributed by atoms with Crippen LogP contribution in [0.2, 0.25) is 0 Å². The Morgan fingerprint density at radius 1 is 0.800 bits per heavy atom. The molecule has 0 amide bonds. The largest absolute Gasteiger partial charge is 0.380 e. The lowest BCUT2D eigenvalue weighted by atomic mass is 10.0. The van der Waals surface area contributed by atoms with Gasteiger partial charge in [0.1, 0.15) is 0 Å². The van der Waals surface area contributed by atoms with Crippen LogP contribution in [-0.2, 0) is 4.74 Å². The van der Waals surface area contributed by atoms with Crippen molar-refractivity contribution in [3.63, 3.8) is 0 Å². The highest BCUT2D eigenvalue weighted by atomic mass is 16.5. The molecule has 0 bridgehead atoms. The van der Waals surface area contributed by atoms with E-state index in [1.807, 2.05) is 0 Å². The molecule has 0 heterocycles. The quantitative estimate of drug-likeness (QED) is 0.419. The van der Waals surface area contributed by atoms with Gasteiger partial charge in [0, 0.05) is 19.2 Å². The number of unbranched alkanes of at least 4 members (excludes halogenated alkanes) is 4. The molecule has 0 saturated carbocycles. The fraction of sp³-hybridized carbons (Fsp3) is 1.00. The maximum absolute atomic E-state index is 5.68. The first-order valence-corrected chi connectivity index (χ1v) is 9.01. The van der Waals surface area contributed by atoms with E-state index >= 15 is 0 Å². The average Bonchev–Trinajstić information content (AvgIpc) is 2.42. The van der Waals surface area contributed by atoms with Gasteiger partial charge in [-0.2, -0.15) is 0 Å². The molecular weight excluding hydrogens is 246 g/mol. The first kappa shape index (κ1) is 19.9. The van der Waals surface area contributed by atoms with Crippen molar-refractivity contribution in [2.45, 2.75) is 91.5 Å². The van der Waals surface area contributed by atoms with Crippen molar-refractivity contribution in [1.29, 1.82) is 0 Å². The van der Waals surface area contributed by atoms with Gasteiger partial charge in [0.2, 0.25) is 0 Å². The lowest BCUT2D eigenvalue weighted by Gasteiger charge is -2.19. The zero-order valence-electron chi connectivity index (χ0n) is 14.5. The van der Waals surface area contributed by atoms with E-state index in [0.29, 0.717) is 6.04 Å². The van der Waals surface area contributed by atoms with Gasteiger partial charge in [0.05, 0.1) is 6.61 Å². The Hall–Kier alpha value is -0.0800. The highest BCUT2D eigenvalue weighted by molar-refractivity contribution is 4.67. The van der Waals surface area contributed by atoms with E-state index in [9.17, 15) is 0 Å². The van der Waals surface area contributed by atoms with E-state index in [4.69, 9.17) is 4.74 Å². The Morgan fingerprint density at radius 3 is 1.90 bits per heavy atom. The summed E-state index contributed by atoms with van der Waals surface area (Å²) in [4.78, 5) is 0. The SMILES string of the molecule is CCCCCC(CCCCC)NCCOCCC(C)C. The summed E-state index contributed by atoms with van der Waals surface area (Å²) >= 11 is 0. The molecule has 0 radical (unpaired) electrons. The Morgan fingerprint density at radius 2 is 1.40 bits per heavy atom. The molecule has 0 aromatic carbocycles. The Balaban J connectivity index is 3.61. The summed E-state index contributed by atoms with van der Waals surface area (Å²) in [5, 5.41) is 3.70. The fourth-order valence-electron chi connectivity index (χ4n) is 2.39. The molecule has 0 aromatic rings. The molecule has 0 saturated heterocycles. The minimum atomic E-state index is 0.710. The van der Waals surface area contributed by atoms with Gasteiger partial charge in [-0.15, -0.1) is 0 Å². The number of nitrogens with one attached hydrogen (secondary N) is 1. The molecule has 122 valence electrons. The smallest absolute Gasteiger partial charge is 0.0591 e. The summed E-state index contributed by atoms with van der Waals surface area (Å²) in [6.45, 7) is 11.9. The molecule has 0 aliphatic rings. The van der Waals surface area contributed by atoms with Gasteiger partial charge in [0.15, 0.2) is 0 Å². The van der Waals surface area contributed by atoms with Crippen LogP contribution in [0.25, 0.3) is 0 Å². The number of hydrogen-bond acceptors (Lipinski definition) is 2. The van der Waals surface area contributed by atoms with Gasteiger partial charge >= 0.3 is 0 Å². The standard InChI is InChI=1S/C18H39NO/c1-5-7-9-11-18(12-10-8-6-2)19-14-16-20-15-13-17(3)4/h17-19H,5-16H2,1-4H3. The van der Waals surface area contributed by atoms with Crippen molar-refractivity contribution in [2.75, 3.05) is 19.8 Å². The molecule has 0 rings (SSSR count). The van der Waals surface area contributed by atoms with Crippen molar-refractivity contribution >= 4 is 0 Å². The lowest BCUT2D eigenvalue weighted by molar-refractivity contribution is 0.122. The van der Waals surface area contributed by atoms with Crippen LogP contribution < -0.4 is 5.32 Å². The molecule has 0 unspecified atom stereocenters. The van der Waals surface area contributed by atoms with Gasteiger partial charge in [-0.1, -0.05) is 66.2 Å². The van der Waals surface area contributed by atoms with E-state index in [2.05, 4.69) is 33.0 Å². The molecule has 0 fully saturated rings. The minimum Gasteiger partial charge on any atom is -0.380 e. The molecule has 20 heavy (non-hydrogen) atoms. The van der Waals surface area contributed by atoms with Crippen LogP contribution >= 0.6 is 0 Å². The summed E-state index contributed by atoms with van der Waals surface area (Å²) < 4.78 is 5.68. The number of ether oxygens (including phenoxy) is 1. The van der Waals surface area contributed by atoms with E-state index in [0.717, 1.165) is 25.7 Å². The topological polar surface area (TPSA) is 21.3 Å². The minimum absolute atomic E-state index is 0.710. The first-order chi connectivity index (χ1) is 9.70. The number of rotatable bonds is 15. The van der Waals surface area contributed by atoms with Crippen molar-refractivity contribution in [3.8, 4) is 0 Å². The predicted octanol–water partition coefficient (Wildman–Crippen LogP) is 5.17. The van der Waals surface area contributed by atoms with Crippen molar-refractivity contribution < 1.29 is 4.74 Å². The van der Waals surface area contributed by atoms with E-state index < -0.39 is 0 Å². The van der Waals surface area contributed by atoms with Crippen LogP contribution in [0, 0.1) is 5.92 Å². The van der Waals surface area contributed by atoms with Gasteiger partial charge in [-0.3, -0.25) is 0 Å². The lowest BCUT2D eigenvalue weighted by Crippen LogP contribution is -2.32. The molecule has 2 nitrogen and oxygen atoms in total. The third kappa shape index (κ3) is 14.3. The second kappa shape index (κ2) is 15.3. The maximum atomic E-state index is 5.68. The van der Waals surface area contributed by atoms with Crippen LogP contribution in [0.1, 0.15) is 85.5 Å². The third-order valence-corrected chi connectivity index (χ3v) is 3.83. The van der Waals surface area contributed by atoms with Crippen LogP contribution in [0.3, 0.4) is 0 Å². The zero-order chi connectivity index (χ0) is 15.1. The van der Waals surface area contributed by atoms with Crippen LogP contribution in [0.15, 0.2) is 0 Å². The zero-order valence-corrected chi connectivity index (χ0v) is 14.5. The van der Waals surface area contributed by atoms with Gasteiger partial charge in [-0.25, -0.2) is 0 Å². The first-order valence-electron chi connectivity index (χ1n) is 9.01. The van der Waals surface area contributed by atoms with Crippen LogP contribution in [0.4, 0.5) is 0 Å². The van der Waals surface area contributed by atoms with Crippen LogP contribution in [-0.4, -0.2) is 25.8 Å². The van der Waals surface area contributed by atoms with Gasteiger partial charge < -0.3 is 10.1 Å². The molecule has 0 spiro atoms. The summed E-state index contributed by atoms with van der Waals surface area (Å²) in [6.07, 6.45) is 12.0. The molecule has 2 heteroatoms. The van der Waals surface area contributed by atoms with E-state index in [1.165, 1.54) is 57.8 Å². The second-order valence-corrected chi connectivity index (χ2v) is 6.44. The van der Waals surface area contributed by atoms with E-state index in [-0.39, 0.29) is 0 Å². The Bertz CT molecular complexity index is 172. The van der Waals surface area contributed by atoms with Crippen molar-refractivity contribution in [1.82, 2.24) is 5.32 Å².